The zero-order valence-electron chi connectivity index (χ0n) is 13.7. The maximum absolute atomic E-state index is 12.1. The van der Waals surface area contributed by atoms with E-state index in [0.717, 1.165) is 16.6 Å². The van der Waals surface area contributed by atoms with Crippen molar-refractivity contribution in [2.75, 3.05) is 16.4 Å². The van der Waals surface area contributed by atoms with Crippen LogP contribution in [-0.4, -0.2) is 37.2 Å². The molecule has 0 spiro atoms. The maximum atomic E-state index is 12.1. The number of sulfone groups is 1. The second-order valence-corrected chi connectivity index (χ2v) is 10.4. The monoisotopic (exact) mass is 426 g/mol. The zero-order valence-corrected chi connectivity index (χ0v) is 16.8. The van der Waals surface area contributed by atoms with Crippen LogP contribution in [0.1, 0.15) is 5.56 Å². The van der Waals surface area contributed by atoms with Crippen LogP contribution in [0.5, 0.6) is 0 Å². The molecule has 2 aliphatic heterocycles. The van der Waals surface area contributed by atoms with Gasteiger partial charge in [0.15, 0.2) is 15.0 Å². The Morgan fingerprint density at radius 2 is 1.77 bits per heavy atom. The summed E-state index contributed by atoms with van der Waals surface area (Å²) in [4.78, 5) is 6.70. The Kier molecular flexibility index (Phi) is 4.94. The predicted molar refractivity (Wildman–Crippen MR) is 110 cm³/mol. The predicted octanol–water partition coefficient (Wildman–Crippen LogP) is 4.27. The fourth-order valence-corrected chi connectivity index (χ4v) is 6.77. The summed E-state index contributed by atoms with van der Waals surface area (Å²) < 4.78 is 24.2. The quantitative estimate of drug-likeness (QED) is 0.734. The lowest BCUT2D eigenvalue weighted by molar-refractivity contribution is 0.601. The maximum Gasteiger partial charge on any atom is 0.164 e. The standard InChI is InChI=1S/C18H16Cl2N2O2S2/c19-13-6-14(20)8-15(7-13)22-17-11-26(23,24)10-16(17)21-18(22)25-9-12-4-2-1-3-5-12/h1-8,16-17H,9-11H2/t16-,17+/m1/s1. The number of anilines is 1. The second-order valence-electron chi connectivity index (χ2n) is 6.40. The van der Waals surface area contributed by atoms with Gasteiger partial charge < -0.3 is 4.90 Å². The van der Waals surface area contributed by atoms with Crippen LogP contribution in [0.15, 0.2) is 53.5 Å². The van der Waals surface area contributed by atoms with Crippen molar-refractivity contribution in [3.63, 3.8) is 0 Å². The normalized spacial score (nSPS) is 23.8. The van der Waals surface area contributed by atoms with E-state index in [-0.39, 0.29) is 23.6 Å². The average molecular weight is 427 g/mol. The molecule has 0 aromatic heterocycles. The number of fused-ring (bicyclic) bond motifs is 1. The molecule has 8 heteroatoms. The molecule has 4 rings (SSSR count). The number of hydrogen-bond acceptors (Lipinski definition) is 5. The molecule has 0 bridgehead atoms. The van der Waals surface area contributed by atoms with Crippen LogP contribution in [0.25, 0.3) is 0 Å². The molecule has 26 heavy (non-hydrogen) atoms. The highest BCUT2D eigenvalue weighted by molar-refractivity contribution is 8.13. The Balaban J connectivity index is 1.66. The van der Waals surface area contributed by atoms with Crippen LogP contribution >= 0.6 is 35.0 Å². The van der Waals surface area contributed by atoms with Crippen molar-refractivity contribution < 1.29 is 8.42 Å². The van der Waals surface area contributed by atoms with E-state index >= 15 is 0 Å². The van der Waals surface area contributed by atoms with Crippen LogP contribution in [-0.2, 0) is 15.6 Å². The molecule has 136 valence electrons. The van der Waals surface area contributed by atoms with Gasteiger partial charge in [0.1, 0.15) is 0 Å². The van der Waals surface area contributed by atoms with Gasteiger partial charge in [0.25, 0.3) is 0 Å². The molecule has 0 aliphatic carbocycles. The molecule has 1 fully saturated rings. The Bertz CT molecular complexity index is 944. The minimum Gasteiger partial charge on any atom is -0.315 e. The van der Waals surface area contributed by atoms with Gasteiger partial charge in [-0.2, -0.15) is 0 Å². The van der Waals surface area contributed by atoms with Crippen molar-refractivity contribution in [3.8, 4) is 0 Å². The number of thioether (sulfide) groups is 1. The fraction of sp³-hybridized carbons (Fsp3) is 0.278. The number of benzene rings is 2. The van der Waals surface area contributed by atoms with Crippen molar-refractivity contribution in [2.45, 2.75) is 17.8 Å². The smallest absolute Gasteiger partial charge is 0.164 e. The molecule has 2 atom stereocenters. The Morgan fingerprint density at radius 3 is 2.46 bits per heavy atom. The first-order valence-electron chi connectivity index (χ1n) is 8.11. The van der Waals surface area contributed by atoms with Crippen LogP contribution in [0, 0.1) is 0 Å². The number of rotatable bonds is 3. The molecular formula is C18H16Cl2N2O2S2. The van der Waals surface area contributed by atoms with Gasteiger partial charge in [-0.25, -0.2) is 8.42 Å². The van der Waals surface area contributed by atoms with Gasteiger partial charge in [0.05, 0.1) is 23.6 Å². The summed E-state index contributed by atoms with van der Waals surface area (Å²) in [7, 11) is -3.08. The lowest BCUT2D eigenvalue weighted by Crippen LogP contribution is -2.39. The third kappa shape index (κ3) is 3.74. The molecule has 1 saturated heterocycles. The van der Waals surface area contributed by atoms with Gasteiger partial charge in [-0.15, -0.1) is 0 Å². The first-order valence-corrected chi connectivity index (χ1v) is 11.7. The van der Waals surface area contributed by atoms with E-state index in [4.69, 9.17) is 28.2 Å². The molecule has 0 unspecified atom stereocenters. The highest BCUT2D eigenvalue weighted by Crippen LogP contribution is 2.37. The van der Waals surface area contributed by atoms with E-state index in [1.54, 1.807) is 30.0 Å². The van der Waals surface area contributed by atoms with Crippen LogP contribution in [0.2, 0.25) is 10.0 Å². The number of halogens is 2. The van der Waals surface area contributed by atoms with Gasteiger partial charge >= 0.3 is 0 Å². The van der Waals surface area contributed by atoms with Gasteiger partial charge in [0.2, 0.25) is 0 Å². The topological polar surface area (TPSA) is 49.7 Å². The molecule has 4 nitrogen and oxygen atoms in total. The summed E-state index contributed by atoms with van der Waals surface area (Å²) in [5.41, 5.74) is 1.97. The summed E-state index contributed by atoms with van der Waals surface area (Å²) in [6.45, 7) is 0. The third-order valence-electron chi connectivity index (χ3n) is 4.44. The molecule has 2 aliphatic rings. The second kappa shape index (κ2) is 7.08. The van der Waals surface area contributed by atoms with Crippen molar-refractivity contribution in [2.24, 2.45) is 4.99 Å². The number of hydrogen-bond donors (Lipinski definition) is 0. The van der Waals surface area contributed by atoms with E-state index in [9.17, 15) is 8.42 Å². The summed E-state index contributed by atoms with van der Waals surface area (Å²) in [5, 5.41) is 1.85. The molecular weight excluding hydrogens is 411 g/mol. The average Bonchev–Trinajstić information content (AvgIpc) is 3.04. The molecule has 0 saturated carbocycles. The van der Waals surface area contributed by atoms with Crippen molar-refractivity contribution in [1.82, 2.24) is 0 Å². The van der Waals surface area contributed by atoms with Gasteiger partial charge in [0, 0.05) is 21.5 Å². The fourth-order valence-electron chi connectivity index (χ4n) is 3.34. The Hall–Kier alpha value is -1.21. The van der Waals surface area contributed by atoms with Crippen LogP contribution < -0.4 is 4.90 Å². The van der Waals surface area contributed by atoms with Gasteiger partial charge in [-0.1, -0.05) is 65.3 Å². The number of amidine groups is 1. The molecule has 2 heterocycles. The van der Waals surface area contributed by atoms with E-state index in [1.165, 1.54) is 5.56 Å². The zero-order chi connectivity index (χ0) is 18.3. The van der Waals surface area contributed by atoms with Gasteiger partial charge in [-0.3, -0.25) is 4.99 Å². The largest absolute Gasteiger partial charge is 0.315 e. The first-order chi connectivity index (χ1) is 12.4. The third-order valence-corrected chi connectivity index (χ3v) is 7.62. The highest BCUT2D eigenvalue weighted by atomic mass is 35.5. The van der Waals surface area contributed by atoms with Crippen molar-refractivity contribution in [3.05, 3.63) is 64.1 Å². The SMILES string of the molecule is O=S1(=O)C[C@H]2N=C(SCc3ccccc3)N(c3cc(Cl)cc(Cl)c3)[C@H]2C1. The molecule has 2 aromatic rings. The van der Waals surface area contributed by atoms with E-state index in [0.29, 0.717) is 10.0 Å². The summed E-state index contributed by atoms with van der Waals surface area (Å²) in [5.74, 6) is 0.954. The Morgan fingerprint density at radius 1 is 1.08 bits per heavy atom. The molecule has 0 radical (unpaired) electrons. The van der Waals surface area contributed by atoms with Crippen molar-refractivity contribution >= 4 is 55.7 Å². The van der Waals surface area contributed by atoms with Crippen LogP contribution in [0.3, 0.4) is 0 Å². The number of aliphatic imine (C=N–C) groups is 1. The lowest BCUT2D eigenvalue weighted by atomic mass is 10.1. The van der Waals surface area contributed by atoms with E-state index in [1.807, 2.05) is 23.1 Å². The lowest BCUT2D eigenvalue weighted by Gasteiger charge is -2.27. The molecule has 2 aromatic carbocycles. The van der Waals surface area contributed by atoms with E-state index in [2.05, 4.69) is 12.1 Å². The minimum absolute atomic E-state index is 0.0951. The van der Waals surface area contributed by atoms with Gasteiger partial charge in [-0.05, 0) is 23.8 Å². The minimum atomic E-state index is -3.08. The highest BCUT2D eigenvalue weighted by Gasteiger charge is 2.47. The molecule has 0 N–H and O–H groups in total. The Labute approximate surface area is 167 Å². The summed E-state index contributed by atoms with van der Waals surface area (Å²) >= 11 is 13.9. The summed E-state index contributed by atoms with van der Waals surface area (Å²) in [6, 6.07) is 15.0. The summed E-state index contributed by atoms with van der Waals surface area (Å²) in [6.07, 6.45) is 0. The number of nitrogens with zero attached hydrogens (tertiary/aromatic N) is 2. The molecule has 0 amide bonds. The van der Waals surface area contributed by atoms with Crippen LogP contribution in [0.4, 0.5) is 5.69 Å². The van der Waals surface area contributed by atoms with Crippen molar-refractivity contribution in [1.29, 1.82) is 0 Å². The first kappa shape index (κ1) is 18.2. The van der Waals surface area contributed by atoms with E-state index < -0.39 is 9.84 Å².